The molecule has 1 aliphatic heterocycles. The predicted molar refractivity (Wildman–Crippen MR) is 137 cm³/mol. The first-order valence-electron chi connectivity index (χ1n) is 11.5. The maximum atomic E-state index is 13.0. The van der Waals surface area contributed by atoms with Crippen LogP contribution in [0.25, 0.3) is 0 Å². The second kappa shape index (κ2) is 10.2. The van der Waals surface area contributed by atoms with Crippen molar-refractivity contribution in [1.82, 2.24) is 14.9 Å². The van der Waals surface area contributed by atoms with Gasteiger partial charge >= 0.3 is 0 Å². The van der Waals surface area contributed by atoms with Crippen molar-refractivity contribution in [3.05, 3.63) is 39.7 Å². The number of carbonyl (C=O) groups excluding carboxylic acids is 1. The lowest BCUT2D eigenvalue weighted by atomic mass is 9.90. The number of benzene rings is 1. The molecule has 8 nitrogen and oxygen atoms in total. The third-order valence-electron chi connectivity index (χ3n) is 6.10. The number of nitrogen functional groups attached to an aromatic ring is 1. The fourth-order valence-corrected chi connectivity index (χ4v) is 4.26. The van der Waals surface area contributed by atoms with E-state index < -0.39 is 0 Å². The van der Waals surface area contributed by atoms with Crippen LogP contribution in [-0.2, 0) is 11.3 Å². The van der Waals surface area contributed by atoms with E-state index in [4.69, 9.17) is 27.5 Å². The minimum absolute atomic E-state index is 0.0987. The minimum atomic E-state index is -0.248. The van der Waals surface area contributed by atoms with Crippen molar-refractivity contribution in [2.75, 3.05) is 24.2 Å². The van der Waals surface area contributed by atoms with E-state index in [1.54, 1.807) is 6.92 Å². The van der Waals surface area contributed by atoms with Crippen molar-refractivity contribution in [2.45, 2.75) is 67.0 Å². The third-order valence-corrected chi connectivity index (χ3v) is 6.49. The molecule has 0 aliphatic carbocycles. The number of nitrogens with one attached hydrogen (secondary N) is 2. The molecule has 184 valence electrons. The zero-order chi connectivity index (χ0) is 25.2. The summed E-state index contributed by atoms with van der Waals surface area (Å²) in [5, 5.41) is 12.0. The molecule has 0 radical (unpaired) electrons. The number of hydrogen-bond acceptors (Lipinski definition) is 7. The highest BCUT2D eigenvalue weighted by molar-refractivity contribution is 6.31. The van der Waals surface area contributed by atoms with E-state index in [9.17, 15) is 4.79 Å². The minimum Gasteiger partial charge on any atom is -0.491 e. The number of nitrogens with two attached hydrogens (primary N) is 1. The van der Waals surface area contributed by atoms with E-state index >= 15 is 0 Å². The van der Waals surface area contributed by atoms with E-state index in [1.165, 1.54) is 6.33 Å². The summed E-state index contributed by atoms with van der Waals surface area (Å²) in [5.41, 5.74) is 9.52. The van der Waals surface area contributed by atoms with Crippen molar-refractivity contribution < 1.29 is 9.53 Å². The normalized spacial score (nSPS) is 14.6. The third kappa shape index (κ3) is 5.78. The number of halogens is 1. The monoisotopic (exact) mass is 486 g/mol. The molecule has 9 heteroatoms. The van der Waals surface area contributed by atoms with Gasteiger partial charge in [-0.3, -0.25) is 4.79 Å². The summed E-state index contributed by atoms with van der Waals surface area (Å²) >= 11 is 6.64. The SMILES string of the molecule is CC(=N)c1c(N)ncnc1NC(C)c1cc(Cl)c(C)c2c1OCCN(C(=O)CCC(C)(C)C)C2. The molecule has 0 spiro atoms. The van der Waals surface area contributed by atoms with Crippen molar-refractivity contribution in [2.24, 2.45) is 5.41 Å². The number of nitrogens with zero attached hydrogens (tertiary/aromatic N) is 3. The van der Waals surface area contributed by atoms with Gasteiger partial charge in [-0.15, -0.1) is 0 Å². The Bertz CT molecular complexity index is 1100. The van der Waals surface area contributed by atoms with Gasteiger partial charge in [0.25, 0.3) is 0 Å². The van der Waals surface area contributed by atoms with E-state index in [2.05, 4.69) is 36.1 Å². The van der Waals surface area contributed by atoms with Gasteiger partial charge in [0, 0.05) is 34.8 Å². The number of rotatable bonds is 6. The molecule has 4 N–H and O–H groups in total. The molecule has 1 aliphatic rings. The van der Waals surface area contributed by atoms with Gasteiger partial charge in [0.1, 0.15) is 30.3 Å². The van der Waals surface area contributed by atoms with Crippen LogP contribution < -0.4 is 15.8 Å². The predicted octanol–water partition coefficient (Wildman–Crippen LogP) is 5.13. The molecule has 2 heterocycles. The topological polar surface area (TPSA) is 117 Å². The number of anilines is 2. The smallest absolute Gasteiger partial charge is 0.223 e. The van der Waals surface area contributed by atoms with Crippen LogP contribution in [0.3, 0.4) is 0 Å². The summed E-state index contributed by atoms with van der Waals surface area (Å²) in [7, 11) is 0. The van der Waals surface area contributed by atoms with Crippen LogP contribution in [0.2, 0.25) is 5.02 Å². The summed E-state index contributed by atoms with van der Waals surface area (Å²) < 4.78 is 6.21. The Balaban J connectivity index is 1.93. The van der Waals surface area contributed by atoms with E-state index in [0.717, 1.165) is 28.9 Å². The molecule has 0 bridgehead atoms. The summed E-state index contributed by atoms with van der Waals surface area (Å²) in [6.45, 7) is 13.4. The summed E-state index contributed by atoms with van der Waals surface area (Å²) in [6.07, 6.45) is 2.70. The van der Waals surface area contributed by atoms with Crippen molar-refractivity contribution in [3.63, 3.8) is 0 Å². The second-order valence-corrected chi connectivity index (χ2v) is 10.5. The maximum Gasteiger partial charge on any atom is 0.223 e. The molecular formula is C25H35ClN6O2. The van der Waals surface area contributed by atoms with Crippen LogP contribution in [-0.4, -0.2) is 39.6 Å². The largest absolute Gasteiger partial charge is 0.491 e. The van der Waals surface area contributed by atoms with Gasteiger partial charge in [-0.05, 0) is 44.2 Å². The Kier molecular flexibility index (Phi) is 7.70. The number of fused-ring (bicyclic) bond motifs is 1. The lowest BCUT2D eigenvalue weighted by Crippen LogP contribution is -2.33. The first kappa shape index (κ1) is 25.7. The average Bonchev–Trinajstić information content (AvgIpc) is 2.97. The van der Waals surface area contributed by atoms with Crippen LogP contribution in [0, 0.1) is 17.7 Å². The van der Waals surface area contributed by atoms with Crippen LogP contribution in [0.4, 0.5) is 11.6 Å². The van der Waals surface area contributed by atoms with E-state index in [1.807, 2.05) is 24.8 Å². The molecule has 1 atom stereocenters. The number of carbonyl (C=O) groups is 1. The second-order valence-electron chi connectivity index (χ2n) is 10.1. The zero-order valence-electron chi connectivity index (χ0n) is 20.9. The molecule has 1 amide bonds. The van der Waals surface area contributed by atoms with Crippen LogP contribution in [0.15, 0.2) is 12.4 Å². The molecule has 1 aromatic carbocycles. The van der Waals surface area contributed by atoms with E-state index in [-0.39, 0.29) is 28.9 Å². The molecule has 2 aromatic rings. The van der Waals surface area contributed by atoms with Crippen LogP contribution >= 0.6 is 11.6 Å². The van der Waals surface area contributed by atoms with Crippen molar-refractivity contribution in [1.29, 1.82) is 5.41 Å². The first-order valence-corrected chi connectivity index (χ1v) is 11.9. The molecule has 1 aromatic heterocycles. The summed E-state index contributed by atoms with van der Waals surface area (Å²) in [6, 6.07) is 1.65. The number of hydrogen-bond donors (Lipinski definition) is 3. The Morgan fingerprint density at radius 1 is 1.38 bits per heavy atom. The molecule has 0 fully saturated rings. The van der Waals surface area contributed by atoms with E-state index in [0.29, 0.717) is 42.5 Å². The molecule has 1 unspecified atom stereocenters. The van der Waals surface area contributed by atoms with Crippen molar-refractivity contribution in [3.8, 4) is 5.75 Å². The number of aromatic nitrogens is 2. The van der Waals surface area contributed by atoms with Gasteiger partial charge in [0.2, 0.25) is 5.91 Å². The van der Waals surface area contributed by atoms with Gasteiger partial charge in [0.15, 0.2) is 0 Å². The van der Waals surface area contributed by atoms with Gasteiger partial charge in [-0.25, -0.2) is 9.97 Å². The molecule has 0 saturated heterocycles. The zero-order valence-corrected chi connectivity index (χ0v) is 21.6. The highest BCUT2D eigenvalue weighted by Gasteiger charge is 2.27. The number of ether oxygens (including phenoxy) is 1. The highest BCUT2D eigenvalue weighted by atomic mass is 35.5. The molecular weight excluding hydrogens is 452 g/mol. The fourth-order valence-electron chi connectivity index (χ4n) is 4.02. The first-order chi connectivity index (χ1) is 15.9. The Labute approximate surface area is 206 Å². The average molecular weight is 487 g/mol. The van der Waals surface area contributed by atoms with Crippen LogP contribution in [0.5, 0.6) is 5.75 Å². The van der Waals surface area contributed by atoms with Crippen molar-refractivity contribution >= 4 is 34.9 Å². The fraction of sp³-hybridized carbons (Fsp3) is 0.520. The summed E-state index contributed by atoms with van der Waals surface area (Å²) in [5.74, 6) is 1.59. The quantitative estimate of drug-likeness (QED) is 0.487. The van der Waals surface area contributed by atoms with Crippen LogP contribution in [0.1, 0.15) is 75.8 Å². The van der Waals surface area contributed by atoms with Gasteiger partial charge in [-0.2, -0.15) is 0 Å². The maximum absolute atomic E-state index is 13.0. The lowest BCUT2D eigenvalue weighted by Gasteiger charge is -2.25. The Morgan fingerprint density at radius 3 is 2.74 bits per heavy atom. The highest BCUT2D eigenvalue weighted by Crippen LogP contribution is 2.39. The Morgan fingerprint density at radius 2 is 2.09 bits per heavy atom. The standard InChI is InChI=1S/C25H35ClN6O2/c1-14-18-12-32(20(33)7-8-25(4,5)6)9-10-34-22(18)17(11-19(14)26)16(3)31-24-21(15(2)27)23(28)29-13-30-24/h11,13,16,27H,7-10,12H2,1-6H3,(H3,28,29,30,31). The van der Waals surface area contributed by atoms with Gasteiger partial charge in [0.05, 0.1) is 18.2 Å². The molecule has 0 saturated carbocycles. The Hall–Kier alpha value is -2.87. The van der Waals surface area contributed by atoms with Gasteiger partial charge < -0.3 is 26.1 Å². The summed E-state index contributed by atoms with van der Waals surface area (Å²) in [4.78, 5) is 23.2. The number of amides is 1. The lowest BCUT2D eigenvalue weighted by molar-refractivity contribution is -0.132. The van der Waals surface area contributed by atoms with Gasteiger partial charge in [-0.1, -0.05) is 32.4 Å². The molecule has 3 rings (SSSR count). The molecule has 34 heavy (non-hydrogen) atoms.